The maximum atomic E-state index is 12.1. The van der Waals surface area contributed by atoms with Crippen LogP contribution in [0.5, 0.6) is 11.5 Å². The van der Waals surface area contributed by atoms with E-state index in [1.54, 1.807) is 42.7 Å². The minimum atomic E-state index is -1.08. The molecule has 0 aliphatic carbocycles. The molecule has 0 radical (unpaired) electrons. The van der Waals surface area contributed by atoms with Gasteiger partial charge in [0.1, 0.15) is 6.61 Å². The third-order valence-electron chi connectivity index (χ3n) is 3.65. The van der Waals surface area contributed by atoms with E-state index in [2.05, 4.69) is 0 Å². The lowest BCUT2D eigenvalue weighted by Gasteiger charge is -2.12. The van der Waals surface area contributed by atoms with Crippen LogP contribution in [0, 0.1) is 0 Å². The molecule has 2 aromatic rings. The van der Waals surface area contributed by atoms with Crippen LogP contribution in [0.25, 0.3) is 0 Å². The predicted molar refractivity (Wildman–Crippen MR) is 95.0 cm³/mol. The lowest BCUT2D eigenvalue weighted by atomic mass is 10.2. The maximum absolute atomic E-state index is 12.1. The Hall–Kier alpha value is -2.05. The van der Waals surface area contributed by atoms with E-state index >= 15 is 0 Å². The van der Waals surface area contributed by atoms with Crippen molar-refractivity contribution < 1.29 is 23.2 Å². The molecule has 0 spiro atoms. The predicted octanol–water partition coefficient (Wildman–Crippen LogP) is 3.60. The molecule has 0 unspecified atom stereocenters. The minimum Gasteiger partial charge on any atom is -0.489 e. The van der Waals surface area contributed by atoms with Gasteiger partial charge in [-0.25, -0.2) is 4.79 Å². The first-order valence-electron chi connectivity index (χ1n) is 7.73. The van der Waals surface area contributed by atoms with Crippen LogP contribution in [-0.4, -0.2) is 29.6 Å². The van der Waals surface area contributed by atoms with Gasteiger partial charge in [0.2, 0.25) is 0 Å². The lowest BCUT2D eigenvalue weighted by molar-refractivity contribution is 0.0472. The summed E-state index contributed by atoms with van der Waals surface area (Å²) in [5.41, 5.74) is 1.11. The number of benzene rings is 2. The smallest absolute Gasteiger partial charge is 0.338 e. The highest BCUT2D eigenvalue weighted by atomic mass is 35.5. The summed E-state index contributed by atoms with van der Waals surface area (Å²) in [7, 11) is -1.08. The van der Waals surface area contributed by atoms with Gasteiger partial charge in [-0.3, -0.25) is 4.21 Å². The zero-order valence-electron chi connectivity index (χ0n) is 13.6. The van der Waals surface area contributed by atoms with E-state index in [9.17, 15) is 9.00 Å². The second-order valence-electron chi connectivity index (χ2n) is 5.51. The normalized spacial score (nSPS) is 14.5. The fraction of sp³-hybridized carbons (Fsp3) is 0.278. The summed E-state index contributed by atoms with van der Waals surface area (Å²) in [5.74, 6) is 0.625. The number of hydrogen-bond acceptors (Lipinski definition) is 5. The van der Waals surface area contributed by atoms with E-state index in [4.69, 9.17) is 25.8 Å². The van der Waals surface area contributed by atoms with Gasteiger partial charge in [0, 0.05) is 28.4 Å². The standard InChI is InChI=1S/C18H17ClO5S/c1-25(21)14-5-3-13(4-6-14)18(20)24-11-12-9-15(19)17-16(10-12)22-7-2-8-23-17/h3-6,9-10H,2,7-8,11H2,1H3/t25-/m1/s1. The SMILES string of the molecule is C[S@@](=O)c1ccc(C(=O)OCc2cc(Cl)c3c(c2)OCCCO3)cc1. The number of halogens is 1. The first-order chi connectivity index (χ1) is 12.0. The van der Waals surface area contributed by atoms with Crippen molar-refractivity contribution >= 4 is 28.4 Å². The number of carbonyl (C=O) groups is 1. The van der Waals surface area contributed by atoms with Crippen molar-refractivity contribution in [3.8, 4) is 11.5 Å². The van der Waals surface area contributed by atoms with Crippen molar-refractivity contribution in [2.45, 2.75) is 17.9 Å². The molecule has 1 aliphatic rings. The summed E-state index contributed by atoms with van der Waals surface area (Å²) in [6.07, 6.45) is 2.37. The van der Waals surface area contributed by atoms with Crippen molar-refractivity contribution in [2.24, 2.45) is 0 Å². The number of esters is 1. The second-order valence-corrected chi connectivity index (χ2v) is 7.30. The summed E-state index contributed by atoms with van der Waals surface area (Å²) in [6, 6.07) is 9.96. The Kier molecular flexibility index (Phi) is 5.60. The van der Waals surface area contributed by atoms with Crippen LogP contribution in [0.3, 0.4) is 0 Å². The molecule has 132 valence electrons. The van der Waals surface area contributed by atoms with E-state index in [0.29, 0.717) is 45.8 Å². The summed E-state index contributed by atoms with van der Waals surface area (Å²) in [5, 5.41) is 0.431. The Morgan fingerprint density at radius 1 is 1.20 bits per heavy atom. The third kappa shape index (κ3) is 4.32. The Morgan fingerprint density at radius 2 is 1.92 bits per heavy atom. The minimum absolute atomic E-state index is 0.0661. The van der Waals surface area contributed by atoms with Crippen LogP contribution in [-0.2, 0) is 22.1 Å². The molecule has 7 heteroatoms. The summed E-state index contributed by atoms with van der Waals surface area (Å²) in [6.45, 7) is 1.17. The molecule has 1 aliphatic heterocycles. The van der Waals surface area contributed by atoms with Gasteiger partial charge in [0.05, 0.1) is 23.8 Å². The van der Waals surface area contributed by atoms with Crippen LogP contribution in [0.1, 0.15) is 22.3 Å². The van der Waals surface area contributed by atoms with E-state index in [1.807, 2.05) is 0 Å². The molecular weight excluding hydrogens is 364 g/mol. The van der Waals surface area contributed by atoms with Gasteiger partial charge in [0.25, 0.3) is 0 Å². The van der Waals surface area contributed by atoms with Gasteiger partial charge in [0.15, 0.2) is 11.5 Å². The Balaban J connectivity index is 1.68. The van der Waals surface area contributed by atoms with Crippen LogP contribution in [0.15, 0.2) is 41.3 Å². The van der Waals surface area contributed by atoms with Crippen LogP contribution in [0.2, 0.25) is 5.02 Å². The average Bonchev–Trinajstić information content (AvgIpc) is 2.85. The summed E-state index contributed by atoms with van der Waals surface area (Å²) in [4.78, 5) is 12.8. The van der Waals surface area contributed by atoms with E-state index in [-0.39, 0.29) is 6.61 Å². The molecule has 25 heavy (non-hydrogen) atoms. The molecule has 3 rings (SSSR count). The van der Waals surface area contributed by atoms with Gasteiger partial charge in [-0.15, -0.1) is 0 Å². The summed E-state index contributed by atoms with van der Waals surface area (Å²) >= 11 is 6.22. The third-order valence-corrected chi connectivity index (χ3v) is 4.87. The molecule has 2 aromatic carbocycles. The number of fused-ring (bicyclic) bond motifs is 1. The van der Waals surface area contributed by atoms with Crippen molar-refractivity contribution in [1.82, 2.24) is 0 Å². The zero-order valence-corrected chi connectivity index (χ0v) is 15.2. The largest absolute Gasteiger partial charge is 0.489 e. The monoisotopic (exact) mass is 380 g/mol. The molecule has 0 N–H and O–H groups in total. The maximum Gasteiger partial charge on any atom is 0.338 e. The molecule has 1 atom stereocenters. The Labute approximate surface area is 153 Å². The van der Waals surface area contributed by atoms with Gasteiger partial charge >= 0.3 is 5.97 Å². The molecule has 0 bridgehead atoms. The fourth-order valence-corrected chi connectivity index (χ4v) is 3.19. The average molecular weight is 381 g/mol. The number of rotatable bonds is 4. The molecular formula is C18H17ClO5S. The molecule has 1 heterocycles. The van der Waals surface area contributed by atoms with Crippen LogP contribution >= 0.6 is 11.6 Å². The van der Waals surface area contributed by atoms with Gasteiger partial charge in [-0.05, 0) is 42.0 Å². The van der Waals surface area contributed by atoms with Crippen molar-refractivity contribution in [3.63, 3.8) is 0 Å². The Morgan fingerprint density at radius 3 is 2.64 bits per heavy atom. The van der Waals surface area contributed by atoms with Crippen molar-refractivity contribution in [2.75, 3.05) is 19.5 Å². The number of ether oxygens (including phenoxy) is 3. The van der Waals surface area contributed by atoms with Crippen molar-refractivity contribution in [1.29, 1.82) is 0 Å². The molecule has 0 amide bonds. The van der Waals surface area contributed by atoms with Gasteiger partial charge in [-0.2, -0.15) is 0 Å². The molecule has 5 nitrogen and oxygen atoms in total. The second kappa shape index (κ2) is 7.89. The zero-order chi connectivity index (χ0) is 17.8. The van der Waals surface area contributed by atoms with Gasteiger partial charge < -0.3 is 14.2 Å². The van der Waals surface area contributed by atoms with Crippen molar-refractivity contribution in [3.05, 3.63) is 52.5 Å². The van der Waals surface area contributed by atoms with E-state index in [1.165, 1.54) is 0 Å². The van der Waals surface area contributed by atoms with Crippen LogP contribution in [0.4, 0.5) is 0 Å². The topological polar surface area (TPSA) is 61.8 Å². The summed E-state index contributed by atoms with van der Waals surface area (Å²) < 4.78 is 27.9. The first kappa shape index (κ1) is 17.8. The fourth-order valence-electron chi connectivity index (χ4n) is 2.38. The van der Waals surface area contributed by atoms with Crippen LogP contribution < -0.4 is 9.47 Å². The molecule has 0 aromatic heterocycles. The number of hydrogen-bond donors (Lipinski definition) is 0. The number of carbonyl (C=O) groups excluding carboxylic acids is 1. The molecule has 0 saturated carbocycles. The highest BCUT2D eigenvalue weighted by Crippen LogP contribution is 2.38. The highest BCUT2D eigenvalue weighted by molar-refractivity contribution is 7.84. The molecule has 0 fully saturated rings. The Bertz CT molecular complexity index is 804. The lowest BCUT2D eigenvalue weighted by Crippen LogP contribution is -2.06. The van der Waals surface area contributed by atoms with E-state index in [0.717, 1.165) is 6.42 Å². The quantitative estimate of drug-likeness (QED) is 0.758. The van der Waals surface area contributed by atoms with Gasteiger partial charge in [-0.1, -0.05) is 11.6 Å². The highest BCUT2D eigenvalue weighted by Gasteiger charge is 2.16. The molecule has 0 saturated heterocycles. The first-order valence-corrected chi connectivity index (χ1v) is 9.67. The van der Waals surface area contributed by atoms with E-state index < -0.39 is 16.8 Å².